The summed E-state index contributed by atoms with van der Waals surface area (Å²) in [6.07, 6.45) is -0.334. The summed E-state index contributed by atoms with van der Waals surface area (Å²) in [7, 11) is 0. The summed E-state index contributed by atoms with van der Waals surface area (Å²) >= 11 is 6.18. The van der Waals surface area contributed by atoms with E-state index in [0.29, 0.717) is 24.7 Å². The Morgan fingerprint density at radius 2 is 2.00 bits per heavy atom. The molecule has 0 bridgehead atoms. The normalized spacial score (nSPS) is 12.5. The second kappa shape index (κ2) is 6.84. The minimum atomic E-state index is -0.334. The molecular weight excluding hydrogens is 238 g/mol. The van der Waals surface area contributed by atoms with Crippen molar-refractivity contribution in [2.24, 2.45) is 0 Å². The third kappa shape index (κ3) is 4.54. The van der Waals surface area contributed by atoms with Crippen molar-refractivity contribution in [3.8, 4) is 5.75 Å². The molecule has 2 N–H and O–H groups in total. The average Bonchev–Trinajstić information content (AvgIpc) is 2.27. The molecule has 1 rings (SSSR count). The van der Waals surface area contributed by atoms with Crippen LogP contribution >= 0.6 is 11.6 Å². The van der Waals surface area contributed by atoms with Gasteiger partial charge in [0.25, 0.3) is 0 Å². The van der Waals surface area contributed by atoms with Crippen LogP contribution in [0.4, 0.5) is 0 Å². The largest absolute Gasteiger partial charge is 0.490 e. The Hall–Kier alpha value is -0.770. The second-order valence-corrected chi connectivity index (χ2v) is 4.62. The molecule has 0 amide bonds. The molecule has 0 spiro atoms. The molecule has 0 heterocycles. The molecule has 1 atom stereocenters. The van der Waals surface area contributed by atoms with Crippen LogP contribution in [-0.2, 0) is 0 Å². The third-order valence-corrected chi connectivity index (χ3v) is 2.92. The van der Waals surface area contributed by atoms with Crippen LogP contribution in [-0.4, -0.2) is 30.9 Å². The quantitative estimate of drug-likeness (QED) is 0.769. The Kier molecular flexibility index (Phi) is 5.75. The molecule has 0 unspecified atom stereocenters. The van der Waals surface area contributed by atoms with Gasteiger partial charge in [-0.05, 0) is 31.9 Å². The molecule has 96 valence electrons. The topological polar surface area (TPSA) is 41.5 Å². The highest BCUT2D eigenvalue weighted by molar-refractivity contribution is 6.32. The lowest BCUT2D eigenvalue weighted by atomic mass is 10.1. The van der Waals surface area contributed by atoms with E-state index in [1.54, 1.807) is 6.92 Å². The minimum Gasteiger partial charge on any atom is -0.490 e. The van der Waals surface area contributed by atoms with E-state index in [2.05, 4.69) is 5.32 Å². The van der Waals surface area contributed by atoms with E-state index in [4.69, 9.17) is 21.4 Å². The first-order valence-corrected chi connectivity index (χ1v) is 6.17. The number of rotatable bonds is 6. The number of aliphatic hydroxyl groups is 1. The van der Waals surface area contributed by atoms with Gasteiger partial charge in [0, 0.05) is 13.1 Å². The van der Waals surface area contributed by atoms with E-state index in [1.807, 2.05) is 26.0 Å². The summed E-state index contributed by atoms with van der Waals surface area (Å²) in [6.45, 7) is 7.48. The Bertz CT molecular complexity index is 367. The number of hydrogen-bond acceptors (Lipinski definition) is 3. The molecule has 1 aromatic carbocycles. The lowest BCUT2D eigenvalue weighted by Gasteiger charge is -2.13. The maximum atomic E-state index is 9.07. The fraction of sp³-hybridized carbons (Fsp3) is 0.538. The van der Waals surface area contributed by atoms with E-state index in [1.165, 1.54) is 0 Å². The molecule has 0 aromatic heterocycles. The van der Waals surface area contributed by atoms with Crippen LogP contribution in [0.3, 0.4) is 0 Å². The van der Waals surface area contributed by atoms with E-state index < -0.39 is 0 Å². The van der Waals surface area contributed by atoms with Crippen molar-refractivity contribution >= 4 is 11.6 Å². The Morgan fingerprint density at radius 1 is 1.35 bits per heavy atom. The van der Waals surface area contributed by atoms with Gasteiger partial charge in [0.2, 0.25) is 0 Å². The zero-order valence-electron chi connectivity index (χ0n) is 10.6. The van der Waals surface area contributed by atoms with Crippen molar-refractivity contribution in [2.75, 3.05) is 19.7 Å². The summed E-state index contributed by atoms with van der Waals surface area (Å²) in [5.74, 6) is 0.755. The summed E-state index contributed by atoms with van der Waals surface area (Å²) in [5, 5.41) is 12.8. The van der Waals surface area contributed by atoms with E-state index >= 15 is 0 Å². The average molecular weight is 258 g/mol. The molecule has 0 fully saturated rings. The van der Waals surface area contributed by atoms with Gasteiger partial charge in [0.05, 0.1) is 11.1 Å². The van der Waals surface area contributed by atoms with Gasteiger partial charge in [-0.1, -0.05) is 23.7 Å². The molecular formula is C13H20ClNO2. The first kappa shape index (κ1) is 14.3. The first-order chi connectivity index (χ1) is 8.02. The molecule has 0 aliphatic heterocycles. The monoisotopic (exact) mass is 257 g/mol. The summed E-state index contributed by atoms with van der Waals surface area (Å²) in [5.41, 5.74) is 2.06. The summed E-state index contributed by atoms with van der Waals surface area (Å²) in [6, 6.07) is 3.98. The first-order valence-electron chi connectivity index (χ1n) is 5.79. The molecule has 0 saturated heterocycles. The van der Waals surface area contributed by atoms with Gasteiger partial charge in [-0.25, -0.2) is 0 Å². The molecule has 17 heavy (non-hydrogen) atoms. The summed E-state index contributed by atoms with van der Waals surface area (Å²) < 4.78 is 5.65. The van der Waals surface area contributed by atoms with Crippen molar-refractivity contribution < 1.29 is 9.84 Å². The van der Waals surface area contributed by atoms with Crippen molar-refractivity contribution in [3.05, 3.63) is 28.3 Å². The van der Waals surface area contributed by atoms with Gasteiger partial charge in [-0.3, -0.25) is 0 Å². The van der Waals surface area contributed by atoms with Crippen LogP contribution in [0, 0.1) is 13.8 Å². The van der Waals surface area contributed by atoms with Gasteiger partial charge in [-0.15, -0.1) is 0 Å². The maximum Gasteiger partial charge on any atom is 0.141 e. The number of aliphatic hydroxyl groups excluding tert-OH is 1. The molecule has 0 aliphatic carbocycles. The number of benzene rings is 1. The highest BCUT2D eigenvalue weighted by Crippen LogP contribution is 2.31. The number of halogens is 1. The number of aryl methyl sites for hydroxylation is 2. The predicted molar refractivity (Wildman–Crippen MR) is 71.0 cm³/mol. The molecule has 4 heteroatoms. The van der Waals surface area contributed by atoms with Gasteiger partial charge in [0.15, 0.2) is 0 Å². The smallest absolute Gasteiger partial charge is 0.141 e. The number of nitrogens with one attached hydrogen (secondary N) is 1. The van der Waals surface area contributed by atoms with Crippen LogP contribution < -0.4 is 10.1 Å². The van der Waals surface area contributed by atoms with Crippen LogP contribution in [0.15, 0.2) is 12.1 Å². The maximum absolute atomic E-state index is 9.07. The number of hydrogen-bond donors (Lipinski definition) is 2. The van der Waals surface area contributed by atoms with E-state index in [-0.39, 0.29) is 6.10 Å². The molecule has 0 radical (unpaired) electrons. The molecule has 1 aromatic rings. The fourth-order valence-electron chi connectivity index (χ4n) is 1.46. The van der Waals surface area contributed by atoms with Crippen molar-refractivity contribution in [1.29, 1.82) is 0 Å². The minimum absolute atomic E-state index is 0.334. The van der Waals surface area contributed by atoms with Crippen LogP contribution in [0.25, 0.3) is 0 Å². The standard InChI is InChI=1S/C13H20ClNO2/c1-9-4-5-10(2)13(12(9)14)17-7-6-15-8-11(3)16/h4-5,11,15-16H,6-8H2,1-3H3/t11-/m0/s1. The fourth-order valence-corrected chi connectivity index (χ4v) is 1.73. The van der Waals surface area contributed by atoms with Crippen LogP contribution in [0.5, 0.6) is 5.75 Å². The Balaban J connectivity index is 2.44. The van der Waals surface area contributed by atoms with Gasteiger partial charge in [-0.2, -0.15) is 0 Å². The molecule has 0 saturated carbocycles. The second-order valence-electron chi connectivity index (χ2n) is 4.24. The van der Waals surface area contributed by atoms with Crippen LogP contribution in [0.2, 0.25) is 5.02 Å². The third-order valence-electron chi connectivity index (χ3n) is 2.45. The van der Waals surface area contributed by atoms with Gasteiger partial charge in [0.1, 0.15) is 12.4 Å². The SMILES string of the molecule is Cc1ccc(C)c(OCCNC[C@H](C)O)c1Cl. The highest BCUT2D eigenvalue weighted by Gasteiger charge is 2.07. The van der Waals surface area contributed by atoms with E-state index in [9.17, 15) is 0 Å². The Morgan fingerprint density at radius 3 is 2.65 bits per heavy atom. The number of ether oxygens (including phenoxy) is 1. The van der Waals surface area contributed by atoms with Crippen molar-refractivity contribution in [3.63, 3.8) is 0 Å². The van der Waals surface area contributed by atoms with Crippen molar-refractivity contribution in [1.82, 2.24) is 5.32 Å². The lowest BCUT2D eigenvalue weighted by Crippen LogP contribution is -2.28. The highest BCUT2D eigenvalue weighted by atomic mass is 35.5. The molecule has 3 nitrogen and oxygen atoms in total. The summed E-state index contributed by atoms with van der Waals surface area (Å²) in [4.78, 5) is 0. The van der Waals surface area contributed by atoms with Crippen LogP contribution in [0.1, 0.15) is 18.1 Å². The Labute approximate surface area is 108 Å². The van der Waals surface area contributed by atoms with E-state index in [0.717, 1.165) is 16.9 Å². The predicted octanol–water partition coefficient (Wildman–Crippen LogP) is 2.31. The molecule has 0 aliphatic rings. The van der Waals surface area contributed by atoms with Gasteiger partial charge >= 0.3 is 0 Å². The van der Waals surface area contributed by atoms with Crippen molar-refractivity contribution in [2.45, 2.75) is 26.9 Å². The van der Waals surface area contributed by atoms with Gasteiger partial charge < -0.3 is 15.2 Å². The zero-order chi connectivity index (χ0) is 12.8. The zero-order valence-corrected chi connectivity index (χ0v) is 11.3. The lowest BCUT2D eigenvalue weighted by molar-refractivity contribution is 0.188.